The summed E-state index contributed by atoms with van der Waals surface area (Å²) in [6.45, 7) is 0. The van der Waals surface area contributed by atoms with Gasteiger partial charge in [0.1, 0.15) is 0 Å². The number of halogens is 3. The van der Waals surface area contributed by atoms with E-state index in [1.807, 2.05) is 0 Å². The molecule has 0 N–H and O–H groups in total. The Hall–Kier alpha value is -1.74. The Morgan fingerprint density at radius 2 is 1.78 bits per heavy atom. The fourth-order valence-electron chi connectivity index (χ4n) is 1.64. The van der Waals surface area contributed by atoms with E-state index in [1.54, 1.807) is 24.3 Å². The fourth-order valence-corrected chi connectivity index (χ4v) is 1.88. The highest BCUT2D eigenvalue weighted by Crippen LogP contribution is 2.19. The zero-order valence-corrected chi connectivity index (χ0v) is 10.0. The summed E-state index contributed by atoms with van der Waals surface area (Å²) in [5, 5.41) is 0.305. The molecule has 0 radical (unpaired) electrons. The van der Waals surface area contributed by atoms with Gasteiger partial charge in [-0.2, -0.15) is 0 Å². The van der Waals surface area contributed by atoms with Crippen molar-refractivity contribution in [3.05, 3.63) is 70.2 Å². The molecule has 2 aromatic rings. The lowest BCUT2D eigenvalue weighted by Crippen LogP contribution is -2.06. The average Bonchev–Trinajstić information content (AvgIpc) is 2.35. The Kier molecular flexibility index (Phi) is 3.72. The Morgan fingerprint density at radius 3 is 2.50 bits per heavy atom. The fraction of sp³-hybridized carbons (Fsp3) is 0.0714. The Balaban J connectivity index is 2.27. The van der Waals surface area contributed by atoms with Crippen LogP contribution >= 0.6 is 11.6 Å². The van der Waals surface area contributed by atoms with Crippen molar-refractivity contribution in [1.29, 1.82) is 0 Å². The molecule has 0 atom stereocenters. The first-order valence-corrected chi connectivity index (χ1v) is 5.68. The molecule has 0 fully saturated rings. The highest BCUT2D eigenvalue weighted by molar-refractivity contribution is 6.34. The van der Waals surface area contributed by atoms with Crippen molar-refractivity contribution in [1.82, 2.24) is 0 Å². The van der Waals surface area contributed by atoms with Gasteiger partial charge in [-0.15, -0.1) is 0 Å². The van der Waals surface area contributed by atoms with E-state index in [2.05, 4.69) is 0 Å². The van der Waals surface area contributed by atoms with Crippen LogP contribution in [0.2, 0.25) is 5.02 Å². The first kappa shape index (κ1) is 12.7. The normalized spacial score (nSPS) is 10.4. The molecule has 2 aromatic carbocycles. The predicted molar refractivity (Wildman–Crippen MR) is 65.8 cm³/mol. The van der Waals surface area contributed by atoms with Crippen LogP contribution in [0.15, 0.2) is 42.5 Å². The van der Waals surface area contributed by atoms with Crippen LogP contribution in [-0.2, 0) is 6.42 Å². The molecule has 0 aliphatic heterocycles. The number of hydrogen-bond acceptors (Lipinski definition) is 1. The van der Waals surface area contributed by atoms with Gasteiger partial charge in [0.2, 0.25) is 0 Å². The van der Waals surface area contributed by atoms with Gasteiger partial charge in [0, 0.05) is 12.0 Å². The Morgan fingerprint density at radius 1 is 1.06 bits per heavy atom. The van der Waals surface area contributed by atoms with Gasteiger partial charge in [0.25, 0.3) is 0 Å². The molecule has 0 unspecified atom stereocenters. The number of rotatable bonds is 3. The first-order valence-electron chi connectivity index (χ1n) is 5.30. The summed E-state index contributed by atoms with van der Waals surface area (Å²) in [4.78, 5) is 11.9. The third kappa shape index (κ3) is 2.57. The van der Waals surface area contributed by atoms with E-state index in [0.29, 0.717) is 10.6 Å². The topological polar surface area (TPSA) is 17.1 Å². The molecule has 4 heteroatoms. The molecule has 0 saturated heterocycles. The summed E-state index contributed by atoms with van der Waals surface area (Å²) in [5.41, 5.74) is 0.336. The van der Waals surface area contributed by atoms with Crippen LogP contribution in [0.1, 0.15) is 15.9 Å². The lowest BCUT2D eigenvalue weighted by molar-refractivity contribution is 0.0992. The van der Waals surface area contributed by atoms with E-state index >= 15 is 0 Å². The summed E-state index contributed by atoms with van der Waals surface area (Å²) >= 11 is 5.87. The van der Waals surface area contributed by atoms with Gasteiger partial charge in [-0.3, -0.25) is 4.79 Å². The second-order valence-electron chi connectivity index (χ2n) is 3.79. The maximum atomic E-state index is 13.4. The molecule has 0 saturated carbocycles. The molecule has 0 bridgehead atoms. The second kappa shape index (κ2) is 5.27. The van der Waals surface area contributed by atoms with Crippen LogP contribution in [0.5, 0.6) is 0 Å². The van der Waals surface area contributed by atoms with E-state index < -0.39 is 11.6 Å². The Bertz CT molecular complexity index is 596. The molecular weight excluding hydrogens is 258 g/mol. The second-order valence-corrected chi connectivity index (χ2v) is 4.20. The van der Waals surface area contributed by atoms with Crippen molar-refractivity contribution in [3.8, 4) is 0 Å². The smallest absolute Gasteiger partial charge is 0.168 e. The third-order valence-electron chi connectivity index (χ3n) is 2.56. The minimum Gasteiger partial charge on any atom is -0.294 e. The van der Waals surface area contributed by atoms with Crippen LogP contribution in [0.4, 0.5) is 8.78 Å². The molecule has 0 aliphatic rings. The summed E-state index contributed by atoms with van der Waals surface area (Å²) in [6, 6.07) is 10.3. The van der Waals surface area contributed by atoms with Gasteiger partial charge in [-0.25, -0.2) is 8.78 Å². The van der Waals surface area contributed by atoms with Crippen molar-refractivity contribution < 1.29 is 13.6 Å². The van der Waals surface area contributed by atoms with Crippen LogP contribution in [0, 0.1) is 11.6 Å². The molecular formula is C14H9ClF2O. The lowest BCUT2D eigenvalue weighted by Gasteiger charge is -2.05. The predicted octanol–water partition coefficient (Wildman–Crippen LogP) is 4.04. The third-order valence-corrected chi connectivity index (χ3v) is 2.89. The number of carbonyl (C=O) groups is 1. The Labute approximate surface area is 108 Å². The maximum Gasteiger partial charge on any atom is 0.168 e. The summed E-state index contributed by atoms with van der Waals surface area (Å²) < 4.78 is 26.4. The monoisotopic (exact) mass is 266 g/mol. The number of hydrogen-bond donors (Lipinski definition) is 0. The van der Waals surface area contributed by atoms with Gasteiger partial charge in [0.05, 0.1) is 5.02 Å². The molecule has 2 rings (SSSR count). The quantitative estimate of drug-likeness (QED) is 0.766. The highest BCUT2D eigenvalue weighted by atomic mass is 35.5. The SMILES string of the molecule is O=C(Cc1cccc(F)c1F)c1ccccc1Cl. The number of benzene rings is 2. The van der Waals surface area contributed by atoms with E-state index in [4.69, 9.17) is 11.6 Å². The summed E-state index contributed by atoms with van der Waals surface area (Å²) in [6.07, 6.45) is -0.215. The molecule has 0 aromatic heterocycles. The van der Waals surface area contributed by atoms with E-state index in [9.17, 15) is 13.6 Å². The number of ketones is 1. The molecule has 0 aliphatic carbocycles. The molecule has 1 nitrogen and oxygen atoms in total. The van der Waals surface area contributed by atoms with Crippen LogP contribution in [0.3, 0.4) is 0 Å². The van der Waals surface area contributed by atoms with Crippen LogP contribution in [-0.4, -0.2) is 5.78 Å². The summed E-state index contributed by atoms with van der Waals surface area (Å²) in [7, 11) is 0. The van der Waals surface area contributed by atoms with E-state index in [0.717, 1.165) is 6.07 Å². The molecule has 18 heavy (non-hydrogen) atoms. The van der Waals surface area contributed by atoms with E-state index in [1.165, 1.54) is 12.1 Å². The van der Waals surface area contributed by atoms with Gasteiger partial charge >= 0.3 is 0 Å². The molecule has 0 amide bonds. The zero-order chi connectivity index (χ0) is 13.1. The molecule has 0 heterocycles. The highest BCUT2D eigenvalue weighted by Gasteiger charge is 2.14. The standard InChI is InChI=1S/C14H9ClF2O/c15-11-6-2-1-5-10(11)13(18)8-9-4-3-7-12(16)14(9)17/h1-7H,8H2. The van der Waals surface area contributed by atoms with Crippen molar-refractivity contribution in [3.63, 3.8) is 0 Å². The first-order chi connectivity index (χ1) is 8.59. The van der Waals surface area contributed by atoms with Crippen molar-refractivity contribution in [2.75, 3.05) is 0 Å². The number of Topliss-reactive ketones (excluding diaryl/α,β-unsaturated/α-hetero) is 1. The molecule has 92 valence electrons. The van der Waals surface area contributed by atoms with Crippen LogP contribution in [0.25, 0.3) is 0 Å². The van der Waals surface area contributed by atoms with Crippen molar-refractivity contribution >= 4 is 17.4 Å². The average molecular weight is 267 g/mol. The minimum atomic E-state index is -0.988. The van der Waals surface area contributed by atoms with Crippen molar-refractivity contribution in [2.45, 2.75) is 6.42 Å². The van der Waals surface area contributed by atoms with Crippen LogP contribution < -0.4 is 0 Å². The van der Waals surface area contributed by atoms with Gasteiger partial charge < -0.3 is 0 Å². The minimum absolute atomic E-state index is 0.0277. The lowest BCUT2D eigenvalue weighted by atomic mass is 10.0. The van der Waals surface area contributed by atoms with E-state index in [-0.39, 0.29) is 17.8 Å². The zero-order valence-electron chi connectivity index (χ0n) is 9.29. The molecule has 0 spiro atoms. The van der Waals surface area contributed by atoms with Crippen molar-refractivity contribution in [2.24, 2.45) is 0 Å². The summed E-state index contributed by atoms with van der Waals surface area (Å²) in [5.74, 6) is -2.29. The largest absolute Gasteiger partial charge is 0.294 e. The van der Waals surface area contributed by atoms with Gasteiger partial charge in [-0.1, -0.05) is 35.9 Å². The number of carbonyl (C=O) groups excluding carboxylic acids is 1. The van der Waals surface area contributed by atoms with Gasteiger partial charge in [0.15, 0.2) is 17.4 Å². The maximum absolute atomic E-state index is 13.4. The van der Waals surface area contributed by atoms with Gasteiger partial charge in [-0.05, 0) is 23.8 Å².